The summed E-state index contributed by atoms with van der Waals surface area (Å²) in [6.07, 6.45) is 2.17. The Kier molecular flexibility index (Phi) is 9.73. The van der Waals surface area contributed by atoms with Gasteiger partial charge in [0.05, 0.1) is 11.9 Å². The summed E-state index contributed by atoms with van der Waals surface area (Å²) in [4.78, 5) is 26.9. The molecule has 0 spiro atoms. The second-order valence-electron chi connectivity index (χ2n) is 7.94. The van der Waals surface area contributed by atoms with Crippen LogP contribution in [0.4, 0.5) is 5.69 Å². The first kappa shape index (κ1) is 26.7. The molecule has 0 heterocycles. The third kappa shape index (κ3) is 7.47. The van der Waals surface area contributed by atoms with Gasteiger partial charge in [-0.3, -0.25) is 13.9 Å². The number of nitrogens with zero attached hydrogens (tertiary/aromatic N) is 2. The Labute approximate surface area is 201 Å². The molecule has 180 valence electrons. The number of sulfonamides is 1. The average molecular weight is 494 g/mol. The van der Waals surface area contributed by atoms with Crippen LogP contribution in [0.1, 0.15) is 30.9 Å². The summed E-state index contributed by atoms with van der Waals surface area (Å²) in [7, 11) is -2.03. The summed E-state index contributed by atoms with van der Waals surface area (Å²) in [6, 6.07) is 14.2. The smallest absolute Gasteiger partial charge is 0.242 e. The monoisotopic (exact) mass is 493 g/mol. The third-order valence-electron chi connectivity index (χ3n) is 5.56. The van der Waals surface area contributed by atoms with E-state index in [1.54, 1.807) is 36.9 Å². The summed E-state index contributed by atoms with van der Waals surface area (Å²) in [5.74, 6) is -0.443. The lowest BCUT2D eigenvalue weighted by atomic mass is 10.1. The van der Waals surface area contributed by atoms with Gasteiger partial charge in [0.25, 0.3) is 0 Å². The van der Waals surface area contributed by atoms with Crippen LogP contribution in [0.15, 0.2) is 48.5 Å². The average Bonchev–Trinajstić information content (AvgIpc) is 2.78. The van der Waals surface area contributed by atoms with E-state index in [0.717, 1.165) is 11.8 Å². The molecule has 2 amide bonds. The number of likely N-dealkylation sites (N-methyl/N-ethyl adjacent to an activating group) is 1. The molecule has 0 unspecified atom stereocenters. The van der Waals surface area contributed by atoms with Crippen molar-refractivity contribution in [3.05, 3.63) is 64.7 Å². The lowest BCUT2D eigenvalue weighted by Crippen LogP contribution is -2.48. The molecule has 0 radical (unpaired) electrons. The Bertz CT molecular complexity index is 1060. The molecule has 1 N–H and O–H groups in total. The Morgan fingerprint density at radius 2 is 1.73 bits per heavy atom. The van der Waals surface area contributed by atoms with E-state index in [1.807, 2.05) is 30.3 Å². The van der Waals surface area contributed by atoms with Crippen molar-refractivity contribution in [3.8, 4) is 0 Å². The minimum atomic E-state index is -3.57. The molecule has 0 aliphatic carbocycles. The predicted octanol–water partition coefficient (Wildman–Crippen LogP) is 3.40. The zero-order valence-electron chi connectivity index (χ0n) is 19.5. The van der Waals surface area contributed by atoms with Gasteiger partial charge in [-0.1, -0.05) is 48.0 Å². The van der Waals surface area contributed by atoms with Crippen LogP contribution in [0.3, 0.4) is 0 Å². The second-order valence-corrected chi connectivity index (χ2v) is 10.2. The number of hydrogen-bond acceptors (Lipinski definition) is 4. The van der Waals surface area contributed by atoms with E-state index in [1.165, 1.54) is 11.4 Å². The van der Waals surface area contributed by atoms with Crippen molar-refractivity contribution in [1.29, 1.82) is 0 Å². The molecule has 1 atom stereocenters. The molecule has 2 aromatic carbocycles. The van der Waals surface area contributed by atoms with Gasteiger partial charge in [-0.25, -0.2) is 8.42 Å². The van der Waals surface area contributed by atoms with Gasteiger partial charge in [-0.05, 0) is 49.9 Å². The molecule has 0 bridgehead atoms. The fourth-order valence-corrected chi connectivity index (χ4v) is 4.81. The largest absolute Gasteiger partial charge is 0.357 e. The van der Waals surface area contributed by atoms with Crippen molar-refractivity contribution in [2.45, 2.75) is 39.2 Å². The molecule has 0 fully saturated rings. The fourth-order valence-electron chi connectivity index (χ4n) is 3.63. The highest BCUT2D eigenvalue weighted by molar-refractivity contribution is 7.92. The first-order chi connectivity index (χ1) is 15.6. The molecule has 7 nitrogen and oxygen atoms in total. The van der Waals surface area contributed by atoms with E-state index in [4.69, 9.17) is 11.6 Å². The van der Waals surface area contributed by atoms with Gasteiger partial charge >= 0.3 is 0 Å². The lowest BCUT2D eigenvalue weighted by molar-refractivity contribution is -0.139. The Balaban J connectivity index is 2.11. The van der Waals surface area contributed by atoms with Crippen LogP contribution in [0.25, 0.3) is 0 Å². The van der Waals surface area contributed by atoms with Gasteiger partial charge in [-0.15, -0.1) is 0 Å². The summed E-state index contributed by atoms with van der Waals surface area (Å²) in [6.45, 7) is 3.98. The molecule has 0 aliphatic rings. The SMILES string of the molecule is CNC(=O)[C@@H](C)N(CCc1ccccc1)C(=O)CCCN(c1cccc(Cl)c1C)S(C)(=O)=O. The highest BCUT2D eigenvalue weighted by Crippen LogP contribution is 2.28. The molecule has 0 saturated carbocycles. The number of halogens is 1. The molecule has 33 heavy (non-hydrogen) atoms. The Hall–Kier alpha value is -2.58. The minimum Gasteiger partial charge on any atom is -0.357 e. The van der Waals surface area contributed by atoms with Gasteiger partial charge < -0.3 is 10.2 Å². The number of benzene rings is 2. The van der Waals surface area contributed by atoms with Crippen molar-refractivity contribution in [2.75, 3.05) is 30.7 Å². The molecule has 2 rings (SSSR count). The van der Waals surface area contributed by atoms with E-state index in [2.05, 4.69) is 5.32 Å². The number of amides is 2. The maximum atomic E-state index is 13.1. The standard InChI is InChI=1S/C24H32ClN3O4S/c1-18-21(25)12-8-13-22(18)28(33(4,31)32)16-9-14-23(29)27(19(2)24(30)26-3)17-15-20-10-6-5-7-11-20/h5-8,10-13,19H,9,14-17H2,1-4H3,(H,26,30)/t19-/m1/s1. The van der Waals surface area contributed by atoms with Gasteiger partial charge in [-0.2, -0.15) is 0 Å². The van der Waals surface area contributed by atoms with Crippen molar-refractivity contribution >= 4 is 39.1 Å². The zero-order chi connectivity index (χ0) is 24.6. The summed E-state index contributed by atoms with van der Waals surface area (Å²) in [5.41, 5.74) is 2.23. The highest BCUT2D eigenvalue weighted by atomic mass is 35.5. The topological polar surface area (TPSA) is 86.8 Å². The van der Waals surface area contributed by atoms with Gasteiger partial charge in [0.1, 0.15) is 6.04 Å². The van der Waals surface area contributed by atoms with E-state index >= 15 is 0 Å². The zero-order valence-corrected chi connectivity index (χ0v) is 21.1. The van der Waals surface area contributed by atoms with Gasteiger partial charge in [0.15, 0.2) is 0 Å². The van der Waals surface area contributed by atoms with Crippen LogP contribution in [0, 0.1) is 6.92 Å². The van der Waals surface area contributed by atoms with Crippen molar-refractivity contribution in [2.24, 2.45) is 0 Å². The highest BCUT2D eigenvalue weighted by Gasteiger charge is 2.26. The lowest BCUT2D eigenvalue weighted by Gasteiger charge is -2.29. The number of anilines is 1. The first-order valence-electron chi connectivity index (χ1n) is 10.8. The molecule has 9 heteroatoms. The first-order valence-corrected chi connectivity index (χ1v) is 13.1. The van der Waals surface area contributed by atoms with Crippen LogP contribution in [-0.4, -0.2) is 57.6 Å². The quantitative estimate of drug-likeness (QED) is 0.519. The molecular weight excluding hydrogens is 462 g/mol. The van der Waals surface area contributed by atoms with Crippen LogP contribution in [0.2, 0.25) is 5.02 Å². The van der Waals surface area contributed by atoms with Crippen molar-refractivity contribution in [3.63, 3.8) is 0 Å². The van der Waals surface area contributed by atoms with Crippen LogP contribution >= 0.6 is 11.6 Å². The molecule has 0 aromatic heterocycles. The normalized spacial score (nSPS) is 12.2. The maximum absolute atomic E-state index is 13.1. The summed E-state index contributed by atoms with van der Waals surface area (Å²) >= 11 is 6.18. The minimum absolute atomic E-state index is 0.113. The fraction of sp³-hybridized carbons (Fsp3) is 0.417. The van der Waals surface area contributed by atoms with E-state index < -0.39 is 16.1 Å². The number of carbonyl (C=O) groups is 2. The van der Waals surface area contributed by atoms with E-state index in [-0.39, 0.29) is 24.8 Å². The molecule has 0 saturated heterocycles. The van der Waals surface area contributed by atoms with Crippen LogP contribution in [-0.2, 0) is 26.0 Å². The Morgan fingerprint density at radius 1 is 1.06 bits per heavy atom. The maximum Gasteiger partial charge on any atom is 0.242 e. The molecule has 2 aromatic rings. The van der Waals surface area contributed by atoms with Gasteiger partial charge in [0, 0.05) is 31.6 Å². The summed E-state index contributed by atoms with van der Waals surface area (Å²) < 4.78 is 26.1. The number of rotatable bonds is 11. The molecule has 0 aliphatic heterocycles. The molecular formula is C24H32ClN3O4S. The summed E-state index contributed by atoms with van der Waals surface area (Å²) in [5, 5.41) is 3.07. The van der Waals surface area contributed by atoms with Crippen molar-refractivity contribution in [1.82, 2.24) is 10.2 Å². The van der Waals surface area contributed by atoms with Crippen LogP contribution in [0.5, 0.6) is 0 Å². The number of nitrogens with one attached hydrogen (secondary N) is 1. The number of carbonyl (C=O) groups excluding carboxylic acids is 2. The van der Waals surface area contributed by atoms with Crippen LogP contribution < -0.4 is 9.62 Å². The Morgan fingerprint density at radius 3 is 2.33 bits per heavy atom. The second kappa shape index (κ2) is 12.0. The van der Waals surface area contributed by atoms with E-state index in [0.29, 0.717) is 35.7 Å². The third-order valence-corrected chi connectivity index (χ3v) is 7.15. The predicted molar refractivity (Wildman–Crippen MR) is 133 cm³/mol. The number of hydrogen-bond donors (Lipinski definition) is 1. The van der Waals surface area contributed by atoms with E-state index in [9.17, 15) is 18.0 Å². The van der Waals surface area contributed by atoms with Crippen molar-refractivity contribution < 1.29 is 18.0 Å². The van der Waals surface area contributed by atoms with Gasteiger partial charge in [0.2, 0.25) is 21.8 Å².